The molecule has 0 saturated heterocycles. The predicted octanol–water partition coefficient (Wildman–Crippen LogP) is 2.71. The van der Waals surface area contributed by atoms with Crippen LogP contribution in [-0.2, 0) is 22.6 Å². The molecule has 2 aromatic rings. The number of ether oxygens (including phenoxy) is 1. The monoisotopic (exact) mass is 496 g/mol. The average Bonchev–Trinajstić information content (AvgIpc) is 2.90. The van der Waals surface area contributed by atoms with Crippen LogP contribution in [0.4, 0.5) is 9.59 Å². The number of urea groups is 2. The molecule has 0 aliphatic carbocycles. The number of carbonyl (C=O) groups is 3. The second-order valence-electron chi connectivity index (χ2n) is 7.27. The molecule has 2 rings (SSSR count). The molecule has 10 nitrogen and oxygen atoms in total. The van der Waals surface area contributed by atoms with Crippen molar-refractivity contribution in [2.45, 2.75) is 20.0 Å². The van der Waals surface area contributed by atoms with E-state index in [1.165, 1.54) is 5.01 Å². The van der Waals surface area contributed by atoms with Gasteiger partial charge in [-0.25, -0.2) is 20.9 Å². The Morgan fingerprint density at radius 1 is 0.861 bits per heavy atom. The Morgan fingerprint density at radius 3 is 1.83 bits per heavy atom. The number of nitrogens with two attached hydrogens (primary N) is 1. The molecule has 0 atom stereocenters. The highest BCUT2D eigenvalue weighted by atomic mass is 16.5. The minimum absolute atomic E-state index is 0.0690. The normalized spacial score (nSPS) is 9.61. The lowest BCUT2D eigenvalue weighted by molar-refractivity contribution is -0.142. The largest absolute Gasteiger partial charge is 0.465 e. The SMILES string of the molecule is C=CCN(N)C(=O)NCc1ccccc1.C=CCN(NCC(=O)OCC)C(=O)NCc1ccccc1. The maximum atomic E-state index is 12.0. The number of hydrogen-bond donors (Lipinski definition) is 4. The molecule has 0 aliphatic heterocycles. The average molecular weight is 497 g/mol. The van der Waals surface area contributed by atoms with Gasteiger partial charge in [-0.2, -0.15) is 0 Å². The van der Waals surface area contributed by atoms with Crippen molar-refractivity contribution in [3.63, 3.8) is 0 Å². The highest BCUT2D eigenvalue weighted by Crippen LogP contribution is 1.98. The topological polar surface area (TPSA) is 129 Å². The van der Waals surface area contributed by atoms with Gasteiger partial charge in [0.05, 0.1) is 19.7 Å². The van der Waals surface area contributed by atoms with E-state index in [4.69, 9.17) is 10.6 Å². The Morgan fingerprint density at radius 2 is 1.36 bits per heavy atom. The van der Waals surface area contributed by atoms with Gasteiger partial charge in [0.15, 0.2) is 0 Å². The van der Waals surface area contributed by atoms with Crippen LogP contribution in [0.3, 0.4) is 0 Å². The number of hydrogen-bond acceptors (Lipinski definition) is 6. The van der Waals surface area contributed by atoms with E-state index >= 15 is 0 Å². The Balaban J connectivity index is 0.000000381. The van der Waals surface area contributed by atoms with Gasteiger partial charge in [-0.15, -0.1) is 13.2 Å². The quantitative estimate of drug-likeness (QED) is 0.118. The summed E-state index contributed by atoms with van der Waals surface area (Å²) < 4.78 is 4.79. The lowest BCUT2D eigenvalue weighted by Gasteiger charge is -2.22. The zero-order valence-electron chi connectivity index (χ0n) is 20.7. The second-order valence-corrected chi connectivity index (χ2v) is 7.27. The summed E-state index contributed by atoms with van der Waals surface area (Å²) in [6, 6.07) is 18.6. The smallest absolute Gasteiger partial charge is 0.332 e. The molecule has 10 heteroatoms. The Kier molecular flexibility index (Phi) is 15.1. The van der Waals surface area contributed by atoms with Crippen LogP contribution in [0.1, 0.15) is 18.1 Å². The molecule has 0 radical (unpaired) electrons. The molecule has 2 aromatic carbocycles. The van der Waals surface area contributed by atoms with E-state index in [9.17, 15) is 14.4 Å². The molecule has 0 aromatic heterocycles. The molecule has 0 fully saturated rings. The molecule has 4 amide bonds. The number of rotatable bonds is 12. The minimum Gasteiger partial charge on any atom is -0.465 e. The number of carbonyl (C=O) groups excluding carboxylic acids is 3. The first-order valence-electron chi connectivity index (χ1n) is 11.4. The zero-order chi connectivity index (χ0) is 26.6. The van der Waals surface area contributed by atoms with E-state index < -0.39 is 5.97 Å². The Labute approximate surface area is 212 Å². The minimum atomic E-state index is -0.414. The van der Waals surface area contributed by atoms with Gasteiger partial charge in [0.25, 0.3) is 0 Å². The summed E-state index contributed by atoms with van der Waals surface area (Å²) in [5.41, 5.74) is 4.75. The summed E-state index contributed by atoms with van der Waals surface area (Å²) in [4.78, 5) is 34.7. The molecule has 36 heavy (non-hydrogen) atoms. The van der Waals surface area contributed by atoms with Crippen molar-refractivity contribution in [1.29, 1.82) is 0 Å². The van der Waals surface area contributed by atoms with Crippen LogP contribution < -0.4 is 21.9 Å². The molecule has 0 bridgehead atoms. The molecule has 0 unspecified atom stereocenters. The van der Waals surface area contributed by atoms with Crippen LogP contribution in [0.5, 0.6) is 0 Å². The van der Waals surface area contributed by atoms with Crippen LogP contribution in [0, 0.1) is 0 Å². The predicted molar refractivity (Wildman–Crippen MR) is 140 cm³/mol. The second kappa shape index (κ2) is 18.2. The third kappa shape index (κ3) is 12.9. The van der Waals surface area contributed by atoms with Gasteiger partial charge in [0.2, 0.25) is 0 Å². The number of nitrogens with zero attached hydrogens (tertiary/aromatic N) is 2. The van der Waals surface area contributed by atoms with Crippen molar-refractivity contribution in [3.8, 4) is 0 Å². The zero-order valence-corrected chi connectivity index (χ0v) is 20.7. The molecule has 0 spiro atoms. The first kappa shape index (κ1) is 29.9. The first-order valence-corrected chi connectivity index (χ1v) is 11.4. The summed E-state index contributed by atoms with van der Waals surface area (Å²) >= 11 is 0. The van der Waals surface area contributed by atoms with Gasteiger partial charge in [-0.05, 0) is 18.1 Å². The van der Waals surface area contributed by atoms with Crippen LogP contribution in [-0.4, -0.2) is 54.3 Å². The van der Waals surface area contributed by atoms with Crippen LogP contribution in [0.15, 0.2) is 86.0 Å². The van der Waals surface area contributed by atoms with Gasteiger partial charge in [0, 0.05) is 13.1 Å². The summed E-state index contributed by atoms with van der Waals surface area (Å²) in [5, 5.41) is 7.83. The van der Waals surface area contributed by atoms with E-state index in [1.54, 1.807) is 19.1 Å². The highest BCUT2D eigenvalue weighted by molar-refractivity contribution is 5.75. The van der Waals surface area contributed by atoms with Crippen molar-refractivity contribution in [3.05, 3.63) is 97.1 Å². The van der Waals surface area contributed by atoms with E-state index in [0.29, 0.717) is 26.2 Å². The van der Waals surface area contributed by atoms with Gasteiger partial charge >= 0.3 is 18.0 Å². The Hall–Kier alpha value is -4.15. The maximum absolute atomic E-state index is 12.0. The number of nitrogens with one attached hydrogen (secondary N) is 3. The molecule has 0 saturated carbocycles. The van der Waals surface area contributed by atoms with Crippen LogP contribution >= 0.6 is 0 Å². The number of benzene rings is 2. The summed E-state index contributed by atoms with van der Waals surface area (Å²) in [5.74, 6) is 5.03. The summed E-state index contributed by atoms with van der Waals surface area (Å²) in [6.45, 7) is 10.6. The van der Waals surface area contributed by atoms with Crippen molar-refractivity contribution in [2.24, 2.45) is 5.84 Å². The molecule has 0 aliphatic rings. The maximum Gasteiger partial charge on any atom is 0.332 e. The van der Waals surface area contributed by atoms with Gasteiger partial charge in [0.1, 0.15) is 6.54 Å². The van der Waals surface area contributed by atoms with Crippen molar-refractivity contribution in [1.82, 2.24) is 26.1 Å². The molecular weight excluding hydrogens is 460 g/mol. The number of hydrazine groups is 2. The van der Waals surface area contributed by atoms with E-state index in [1.807, 2.05) is 60.7 Å². The molecule has 0 heterocycles. The summed E-state index contributed by atoms with van der Waals surface area (Å²) in [7, 11) is 0. The lowest BCUT2D eigenvalue weighted by atomic mass is 10.2. The van der Waals surface area contributed by atoms with Gasteiger partial charge < -0.3 is 15.4 Å². The molecular formula is C26H36N6O4. The van der Waals surface area contributed by atoms with Gasteiger partial charge in [-0.3, -0.25) is 14.8 Å². The van der Waals surface area contributed by atoms with Crippen molar-refractivity contribution < 1.29 is 19.1 Å². The van der Waals surface area contributed by atoms with Crippen LogP contribution in [0.25, 0.3) is 0 Å². The molecule has 5 N–H and O–H groups in total. The third-order valence-electron chi connectivity index (χ3n) is 4.44. The highest BCUT2D eigenvalue weighted by Gasteiger charge is 2.13. The number of esters is 1. The van der Waals surface area contributed by atoms with Gasteiger partial charge in [-0.1, -0.05) is 72.8 Å². The fourth-order valence-corrected chi connectivity index (χ4v) is 2.69. The third-order valence-corrected chi connectivity index (χ3v) is 4.44. The standard InChI is InChI=1S/C15H21N3O3.C11H15N3O/c1-3-10-18(17-12-14(19)21-4-2)15(20)16-11-13-8-6-5-7-9-13;1-2-8-14(12)11(15)13-9-10-6-4-3-5-7-10/h3,5-9,17H,1,4,10-12H2,2H3,(H,16,20);2-7H,1,8-9,12H2,(H,13,15). The van der Waals surface area contributed by atoms with E-state index in [-0.39, 0.29) is 25.2 Å². The summed E-state index contributed by atoms with van der Waals surface area (Å²) in [6.07, 6.45) is 3.14. The van der Waals surface area contributed by atoms with E-state index in [2.05, 4.69) is 29.2 Å². The Bertz CT molecular complexity index is 940. The van der Waals surface area contributed by atoms with Crippen molar-refractivity contribution in [2.75, 3.05) is 26.2 Å². The molecule has 194 valence electrons. The van der Waals surface area contributed by atoms with Crippen molar-refractivity contribution >= 4 is 18.0 Å². The lowest BCUT2D eigenvalue weighted by Crippen LogP contribution is -2.49. The number of amides is 4. The fourth-order valence-electron chi connectivity index (χ4n) is 2.69. The van der Waals surface area contributed by atoms with E-state index in [0.717, 1.165) is 16.1 Å². The first-order chi connectivity index (χ1) is 17.4. The van der Waals surface area contributed by atoms with Crippen LogP contribution in [0.2, 0.25) is 0 Å². The fraction of sp³-hybridized carbons (Fsp3) is 0.269.